The Morgan fingerprint density at radius 2 is 1.86 bits per heavy atom. The summed E-state index contributed by atoms with van der Waals surface area (Å²) in [7, 11) is 2.21. The van der Waals surface area contributed by atoms with Gasteiger partial charge in [-0.25, -0.2) is 0 Å². The van der Waals surface area contributed by atoms with Gasteiger partial charge >= 0.3 is 0 Å². The highest BCUT2D eigenvalue weighted by Crippen LogP contribution is 1.98. The Hall–Kier alpha value is -0.0800. The van der Waals surface area contributed by atoms with Gasteiger partial charge in [-0.15, -0.1) is 0 Å². The fourth-order valence-electron chi connectivity index (χ4n) is 1.41. The average molecular weight is 200 g/mol. The molecule has 0 heterocycles. The molecule has 1 N–H and O–H groups in total. The third kappa shape index (κ3) is 7.34. The molecule has 0 aliphatic heterocycles. The molecule has 14 heavy (non-hydrogen) atoms. The second-order valence-corrected chi connectivity index (χ2v) is 4.19. The van der Waals surface area contributed by atoms with Crippen molar-refractivity contribution in [2.75, 3.05) is 26.7 Å². The maximum Gasteiger partial charge on any atom is 0.0107 e. The Kier molecular flexibility index (Phi) is 9.42. The molecule has 0 spiro atoms. The third-order valence-electron chi connectivity index (χ3n) is 2.94. The van der Waals surface area contributed by atoms with E-state index in [4.69, 9.17) is 0 Å². The lowest BCUT2D eigenvalue weighted by Gasteiger charge is -2.23. The van der Waals surface area contributed by atoms with E-state index < -0.39 is 0 Å². The van der Waals surface area contributed by atoms with Crippen molar-refractivity contribution in [2.45, 2.75) is 52.5 Å². The zero-order valence-corrected chi connectivity index (χ0v) is 10.5. The Balaban J connectivity index is 3.18. The first-order valence-electron chi connectivity index (χ1n) is 6.13. The molecular weight excluding hydrogens is 172 g/mol. The molecule has 0 radical (unpaired) electrons. The molecule has 0 aliphatic carbocycles. The van der Waals surface area contributed by atoms with Gasteiger partial charge in [0.15, 0.2) is 0 Å². The number of rotatable bonds is 9. The van der Waals surface area contributed by atoms with E-state index in [1.54, 1.807) is 0 Å². The summed E-state index contributed by atoms with van der Waals surface area (Å²) >= 11 is 0. The molecule has 0 fully saturated rings. The van der Waals surface area contributed by atoms with Crippen molar-refractivity contribution in [1.82, 2.24) is 10.2 Å². The van der Waals surface area contributed by atoms with E-state index in [1.807, 2.05) is 0 Å². The summed E-state index contributed by atoms with van der Waals surface area (Å²) in [6.45, 7) is 10.3. The maximum absolute atomic E-state index is 3.49. The van der Waals surface area contributed by atoms with E-state index in [2.05, 4.69) is 38.0 Å². The van der Waals surface area contributed by atoms with Crippen LogP contribution in [0.5, 0.6) is 0 Å². The molecule has 0 aromatic heterocycles. The lowest BCUT2D eigenvalue weighted by molar-refractivity contribution is 0.252. The number of hydrogen-bond donors (Lipinski definition) is 1. The summed E-state index contributed by atoms with van der Waals surface area (Å²) in [4.78, 5) is 2.42. The van der Waals surface area contributed by atoms with Gasteiger partial charge in [0.25, 0.3) is 0 Å². The summed E-state index contributed by atoms with van der Waals surface area (Å²) in [6, 6.07) is 0.715. The van der Waals surface area contributed by atoms with Gasteiger partial charge in [0.2, 0.25) is 0 Å². The SMILES string of the molecule is CCCCCNCCN(C)C(C)CC. The molecule has 0 saturated carbocycles. The Labute approximate surface area is 90.1 Å². The second-order valence-electron chi connectivity index (χ2n) is 4.19. The van der Waals surface area contributed by atoms with Crippen molar-refractivity contribution < 1.29 is 0 Å². The van der Waals surface area contributed by atoms with Gasteiger partial charge in [-0.3, -0.25) is 0 Å². The van der Waals surface area contributed by atoms with Gasteiger partial charge in [0, 0.05) is 19.1 Å². The van der Waals surface area contributed by atoms with Gasteiger partial charge in [0.1, 0.15) is 0 Å². The zero-order valence-electron chi connectivity index (χ0n) is 10.5. The second kappa shape index (κ2) is 9.47. The van der Waals surface area contributed by atoms with E-state index in [0.29, 0.717) is 6.04 Å². The number of nitrogens with one attached hydrogen (secondary N) is 1. The van der Waals surface area contributed by atoms with Gasteiger partial charge in [-0.05, 0) is 33.4 Å². The number of nitrogens with zero attached hydrogens (tertiary/aromatic N) is 1. The molecule has 0 amide bonds. The first-order valence-corrected chi connectivity index (χ1v) is 6.13. The Bertz CT molecular complexity index is 115. The fourth-order valence-corrected chi connectivity index (χ4v) is 1.41. The minimum Gasteiger partial charge on any atom is -0.315 e. The van der Waals surface area contributed by atoms with E-state index in [9.17, 15) is 0 Å². The molecule has 0 bridgehead atoms. The van der Waals surface area contributed by atoms with Gasteiger partial charge in [-0.2, -0.15) is 0 Å². The molecule has 0 saturated heterocycles. The molecule has 0 aliphatic rings. The van der Waals surface area contributed by atoms with Crippen molar-refractivity contribution >= 4 is 0 Å². The van der Waals surface area contributed by atoms with Crippen molar-refractivity contribution in [3.63, 3.8) is 0 Å². The van der Waals surface area contributed by atoms with Crippen LogP contribution in [0.1, 0.15) is 46.5 Å². The van der Waals surface area contributed by atoms with Gasteiger partial charge in [0.05, 0.1) is 0 Å². The minimum atomic E-state index is 0.715. The Morgan fingerprint density at radius 3 is 2.43 bits per heavy atom. The predicted octanol–water partition coefficient (Wildman–Crippen LogP) is 2.50. The van der Waals surface area contributed by atoms with E-state index in [1.165, 1.54) is 38.8 Å². The van der Waals surface area contributed by atoms with Crippen LogP contribution in [0, 0.1) is 0 Å². The van der Waals surface area contributed by atoms with Crippen molar-refractivity contribution in [3.8, 4) is 0 Å². The summed E-state index contributed by atoms with van der Waals surface area (Å²) < 4.78 is 0. The number of likely N-dealkylation sites (N-methyl/N-ethyl adjacent to an activating group) is 1. The molecule has 1 unspecified atom stereocenters. The molecule has 2 heteroatoms. The lowest BCUT2D eigenvalue weighted by Crippen LogP contribution is -2.35. The molecule has 0 aromatic rings. The van der Waals surface area contributed by atoms with Crippen LogP contribution in [0.3, 0.4) is 0 Å². The van der Waals surface area contributed by atoms with Crippen LogP contribution in [0.4, 0.5) is 0 Å². The van der Waals surface area contributed by atoms with E-state index in [0.717, 1.165) is 6.54 Å². The highest BCUT2D eigenvalue weighted by Gasteiger charge is 2.04. The molecule has 1 atom stereocenters. The van der Waals surface area contributed by atoms with Crippen LogP contribution < -0.4 is 5.32 Å². The summed E-state index contributed by atoms with van der Waals surface area (Å²) in [5.41, 5.74) is 0. The highest BCUT2D eigenvalue weighted by molar-refractivity contribution is 4.62. The van der Waals surface area contributed by atoms with E-state index >= 15 is 0 Å². The van der Waals surface area contributed by atoms with Gasteiger partial charge < -0.3 is 10.2 Å². The fraction of sp³-hybridized carbons (Fsp3) is 1.00. The quantitative estimate of drug-likeness (QED) is 0.575. The van der Waals surface area contributed by atoms with Crippen LogP contribution in [-0.4, -0.2) is 37.6 Å². The Morgan fingerprint density at radius 1 is 1.14 bits per heavy atom. The first kappa shape index (κ1) is 13.9. The van der Waals surface area contributed by atoms with Crippen LogP contribution in [0.15, 0.2) is 0 Å². The molecule has 0 aromatic carbocycles. The highest BCUT2D eigenvalue weighted by atomic mass is 15.1. The van der Waals surface area contributed by atoms with Crippen molar-refractivity contribution in [3.05, 3.63) is 0 Å². The monoisotopic (exact) mass is 200 g/mol. The molecule has 0 rings (SSSR count). The minimum absolute atomic E-state index is 0.715. The molecule has 2 nitrogen and oxygen atoms in total. The third-order valence-corrected chi connectivity index (χ3v) is 2.94. The first-order chi connectivity index (χ1) is 6.72. The number of hydrogen-bond acceptors (Lipinski definition) is 2. The van der Waals surface area contributed by atoms with E-state index in [-0.39, 0.29) is 0 Å². The summed E-state index contributed by atoms with van der Waals surface area (Å²) in [6.07, 6.45) is 5.23. The summed E-state index contributed by atoms with van der Waals surface area (Å²) in [5, 5.41) is 3.49. The van der Waals surface area contributed by atoms with Crippen LogP contribution in [0.2, 0.25) is 0 Å². The number of unbranched alkanes of at least 4 members (excludes halogenated alkanes) is 2. The predicted molar refractivity (Wildman–Crippen MR) is 64.8 cm³/mol. The standard InChI is InChI=1S/C12H28N2/c1-5-7-8-9-13-10-11-14(4)12(3)6-2/h12-13H,5-11H2,1-4H3. The van der Waals surface area contributed by atoms with Crippen molar-refractivity contribution in [2.24, 2.45) is 0 Å². The lowest BCUT2D eigenvalue weighted by atomic mass is 10.2. The topological polar surface area (TPSA) is 15.3 Å². The maximum atomic E-state index is 3.49. The summed E-state index contributed by atoms with van der Waals surface area (Å²) in [5.74, 6) is 0. The average Bonchev–Trinajstić information content (AvgIpc) is 2.21. The van der Waals surface area contributed by atoms with Crippen LogP contribution in [-0.2, 0) is 0 Å². The smallest absolute Gasteiger partial charge is 0.0107 e. The van der Waals surface area contributed by atoms with Gasteiger partial charge in [-0.1, -0.05) is 26.7 Å². The zero-order chi connectivity index (χ0) is 10.8. The molecular formula is C12H28N2. The molecule has 86 valence electrons. The van der Waals surface area contributed by atoms with Crippen LogP contribution in [0.25, 0.3) is 0 Å². The normalized spacial score (nSPS) is 13.5. The largest absolute Gasteiger partial charge is 0.315 e. The van der Waals surface area contributed by atoms with Crippen LogP contribution >= 0.6 is 0 Å². The van der Waals surface area contributed by atoms with Crippen molar-refractivity contribution in [1.29, 1.82) is 0 Å².